The first-order valence-electron chi connectivity index (χ1n) is 11.5. The minimum atomic E-state index is -0.653. The van der Waals surface area contributed by atoms with Crippen molar-refractivity contribution in [3.63, 3.8) is 0 Å². The van der Waals surface area contributed by atoms with E-state index in [0.717, 1.165) is 76.3 Å². The van der Waals surface area contributed by atoms with E-state index >= 15 is 0 Å². The van der Waals surface area contributed by atoms with Crippen LogP contribution in [0.4, 0.5) is 5.69 Å². The Morgan fingerprint density at radius 3 is 2.26 bits per heavy atom. The number of benzene rings is 2. The molecule has 1 saturated heterocycles. The number of anilines is 1. The number of carboxylic acid groups (broad SMARTS) is 1. The second kappa shape index (κ2) is 9.73. The van der Waals surface area contributed by atoms with E-state index in [1.807, 2.05) is 30.3 Å². The molecular weight excluding hydrogens is 388 g/mol. The predicted molar refractivity (Wildman–Crippen MR) is 124 cm³/mol. The fourth-order valence-electron chi connectivity index (χ4n) is 5.50. The molecule has 2 aromatic carbocycles. The highest BCUT2D eigenvalue weighted by Gasteiger charge is 2.47. The summed E-state index contributed by atoms with van der Waals surface area (Å²) in [5, 5.41) is 10.4. The number of carboxylic acids is 1. The van der Waals surface area contributed by atoms with Crippen LogP contribution in [0.1, 0.15) is 43.6 Å². The molecule has 1 aliphatic carbocycles. The van der Waals surface area contributed by atoms with Crippen molar-refractivity contribution in [1.82, 2.24) is 4.90 Å². The minimum Gasteiger partial charge on any atom is -0.495 e. The number of aliphatic carboxylic acids is 1. The molecule has 166 valence electrons. The van der Waals surface area contributed by atoms with Crippen molar-refractivity contribution in [1.29, 1.82) is 0 Å². The van der Waals surface area contributed by atoms with Crippen LogP contribution in [0.2, 0.25) is 0 Å². The Balaban J connectivity index is 1.51. The van der Waals surface area contributed by atoms with Crippen molar-refractivity contribution in [2.45, 2.75) is 38.0 Å². The quantitative estimate of drug-likeness (QED) is 0.705. The van der Waals surface area contributed by atoms with Crippen LogP contribution in [-0.4, -0.2) is 55.8 Å². The van der Waals surface area contributed by atoms with Crippen LogP contribution in [-0.2, 0) is 4.79 Å². The number of hydrogen-bond acceptors (Lipinski definition) is 4. The molecule has 2 aromatic rings. The van der Waals surface area contributed by atoms with Crippen LogP contribution in [0.15, 0.2) is 54.6 Å². The molecular formula is C26H34N2O3. The second-order valence-corrected chi connectivity index (χ2v) is 8.94. The Hall–Kier alpha value is -2.53. The normalized spacial score (nSPS) is 20.2. The molecule has 1 saturated carbocycles. The monoisotopic (exact) mass is 422 g/mol. The second-order valence-electron chi connectivity index (χ2n) is 8.94. The van der Waals surface area contributed by atoms with Crippen molar-refractivity contribution < 1.29 is 14.6 Å². The number of para-hydroxylation sites is 2. The van der Waals surface area contributed by atoms with Crippen molar-refractivity contribution in [3.05, 3.63) is 60.2 Å². The first kappa shape index (κ1) is 21.7. The lowest BCUT2D eigenvalue weighted by Gasteiger charge is -2.44. The average molecular weight is 423 g/mol. The van der Waals surface area contributed by atoms with Gasteiger partial charge in [-0.25, -0.2) is 0 Å². The Morgan fingerprint density at radius 2 is 1.61 bits per heavy atom. The number of hydrogen-bond donors (Lipinski definition) is 1. The topological polar surface area (TPSA) is 53.0 Å². The van der Waals surface area contributed by atoms with Gasteiger partial charge in [-0.05, 0) is 30.5 Å². The molecule has 1 heterocycles. The fraction of sp³-hybridized carbons (Fsp3) is 0.500. The predicted octanol–water partition coefficient (Wildman–Crippen LogP) is 4.64. The Labute approximate surface area is 185 Å². The van der Waals surface area contributed by atoms with Gasteiger partial charge in [0.2, 0.25) is 0 Å². The van der Waals surface area contributed by atoms with Crippen molar-refractivity contribution in [2.75, 3.05) is 44.7 Å². The molecule has 2 fully saturated rings. The van der Waals surface area contributed by atoms with Gasteiger partial charge in [0.15, 0.2) is 0 Å². The summed E-state index contributed by atoms with van der Waals surface area (Å²) in [6.45, 7) is 4.49. The van der Waals surface area contributed by atoms with E-state index in [1.165, 1.54) is 5.56 Å². The van der Waals surface area contributed by atoms with Crippen LogP contribution in [0.5, 0.6) is 5.75 Å². The summed E-state index contributed by atoms with van der Waals surface area (Å²) in [5.74, 6) is 0.308. The summed E-state index contributed by atoms with van der Waals surface area (Å²) in [5.41, 5.74) is 1.65. The number of methoxy groups -OCH3 is 1. The lowest BCUT2D eigenvalue weighted by atomic mass is 9.63. The molecule has 0 bridgehead atoms. The minimum absolute atomic E-state index is 0.0179. The lowest BCUT2D eigenvalue weighted by Crippen LogP contribution is -2.50. The number of nitrogens with zero attached hydrogens (tertiary/aromatic N) is 2. The van der Waals surface area contributed by atoms with Crippen LogP contribution >= 0.6 is 0 Å². The number of carbonyl (C=O) groups is 1. The summed E-state index contributed by atoms with van der Waals surface area (Å²) in [7, 11) is 1.72. The number of ether oxygens (including phenoxy) is 1. The zero-order chi connectivity index (χ0) is 21.7. The van der Waals surface area contributed by atoms with Gasteiger partial charge in [0.25, 0.3) is 0 Å². The molecule has 0 radical (unpaired) electrons. The fourth-order valence-corrected chi connectivity index (χ4v) is 5.50. The summed E-state index contributed by atoms with van der Waals surface area (Å²) in [6, 6.07) is 18.5. The zero-order valence-electron chi connectivity index (χ0n) is 18.5. The largest absolute Gasteiger partial charge is 0.495 e. The highest BCUT2D eigenvalue weighted by molar-refractivity contribution is 5.76. The molecule has 1 aliphatic heterocycles. The third kappa shape index (κ3) is 4.57. The highest BCUT2D eigenvalue weighted by Crippen LogP contribution is 2.48. The number of rotatable bonds is 7. The summed E-state index contributed by atoms with van der Waals surface area (Å²) in [4.78, 5) is 17.4. The molecule has 0 aromatic heterocycles. The van der Waals surface area contributed by atoms with Gasteiger partial charge in [-0.15, -0.1) is 0 Å². The third-order valence-electron chi connectivity index (χ3n) is 7.28. The van der Waals surface area contributed by atoms with Gasteiger partial charge < -0.3 is 14.7 Å². The van der Waals surface area contributed by atoms with E-state index in [2.05, 4.69) is 34.1 Å². The summed E-state index contributed by atoms with van der Waals surface area (Å²) >= 11 is 0. The van der Waals surface area contributed by atoms with Gasteiger partial charge in [-0.3, -0.25) is 9.69 Å². The van der Waals surface area contributed by atoms with Gasteiger partial charge >= 0.3 is 5.97 Å². The van der Waals surface area contributed by atoms with Gasteiger partial charge in [-0.1, -0.05) is 61.7 Å². The van der Waals surface area contributed by atoms with Crippen LogP contribution in [0.3, 0.4) is 0 Å². The maximum atomic E-state index is 12.6. The van der Waals surface area contributed by atoms with Crippen molar-refractivity contribution in [2.24, 2.45) is 5.41 Å². The van der Waals surface area contributed by atoms with Gasteiger partial charge in [-0.2, -0.15) is 0 Å². The molecule has 4 rings (SSSR count). The van der Waals surface area contributed by atoms with E-state index in [9.17, 15) is 9.90 Å². The third-order valence-corrected chi connectivity index (χ3v) is 7.28. The zero-order valence-corrected chi connectivity index (χ0v) is 18.5. The lowest BCUT2D eigenvalue weighted by molar-refractivity contribution is -0.153. The average Bonchev–Trinajstić information content (AvgIpc) is 2.84. The van der Waals surface area contributed by atoms with E-state index in [0.29, 0.717) is 0 Å². The van der Waals surface area contributed by atoms with E-state index < -0.39 is 11.4 Å². The van der Waals surface area contributed by atoms with E-state index in [4.69, 9.17) is 4.74 Å². The SMILES string of the molecule is COc1ccccc1N1CCN(CC(c2ccccc2)C2(C(=O)O)CCCCC2)CC1. The van der Waals surface area contributed by atoms with Gasteiger partial charge in [0.05, 0.1) is 18.2 Å². The smallest absolute Gasteiger partial charge is 0.310 e. The molecule has 2 aliphatic rings. The van der Waals surface area contributed by atoms with Crippen LogP contribution < -0.4 is 9.64 Å². The molecule has 5 nitrogen and oxygen atoms in total. The molecule has 1 unspecified atom stereocenters. The molecule has 0 amide bonds. The van der Waals surface area contributed by atoms with Gasteiger partial charge in [0, 0.05) is 38.6 Å². The molecule has 1 atom stereocenters. The molecule has 0 spiro atoms. The first-order chi connectivity index (χ1) is 15.1. The Kier molecular flexibility index (Phi) is 6.81. The molecule has 31 heavy (non-hydrogen) atoms. The first-order valence-corrected chi connectivity index (χ1v) is 11.5. The number of piperazine rings is 1. The van der Waals surface area contributed by atoms with Crippen molar-refractivity contribution >= 4 is 11.7 Å². The van der Waals surface area contributed by atoms with E-state index in [1.54, 1.807) is 7.11 Å². The van der Waals surface area contributed by atoms with E-state index in [-0.39, 0.29) is 5.92 Å². The van der Waals surface area contributed by atoms with Crippen LogP contribution in [0, 0.1) is 5.41 Å². The Morgan fingerprint density at radius 1 is 0.968 bits per heavy atom. The Bertz CT molecular complexity index is 856. The summed E-state index contributed by atoms with van der Waals surface area (Å²) < 4.78 is 5.55. The molecule has 5 heteroatoms. The van der Waals surface area contributed by atoms with Crippen LogP contribution in [0.25, 0.3) is 0 Å². The standard InChI is InChI=1S/C26H34N2O3/c1-31-24-13-7-6-12-23(24)28-18-16-27(17-19-28)20-22(21-10-4-2-5-11-21)26(25(29)30)14-8-3-9-15-26/h2,4-7,10-13,22H,3,8-9,14-20H2,1H3,(H,29,30). The van der Waals surface area contributed by atoms with Crippen molar-refractivity contribution in [3.8, 4) is 5.75 Å². The molecule has 1 N–H and O–H groups in total. The summed E-state index contributed by atoms with van der Waals surface area (Å²) in [6.07, 6.45) is 4.73. The van der Waals surface area contributed by atoms with Gasteiger partial charge in [0.1, 0.15) is 5.75 Å². The maximum absolute atomic E-state index is 12.6. The maximum Gasteiger partial charge on any atom is 0.310 e. The highest BCUT2D eigenvalue weighted by atomic mass is 16.5.